The average molecular weight is 383 g/mol. The molecule has 0 saturated carbocycles. The number of rotatable bonds is 6. The predicted octanol–water partition coefficient (Wildman–Crippen LogP) is 0.858. The van der Waals surface area contributed by atoms with Crippen molar-refractivity contribution in [2.75, 3.05) is 26.3 Å². The molecule has 0 atom stereocenters. The molecular formula is C18H21F2N2O3S+. The van der Waals surface area contributed by atoms with Crippen molar-refractivity contribution in [1.82, 2.24) is 4.72 Å². The molecule has 1 fully saturated rings. The molecule has 0 bridgehead atoms. The first-order chi connectivity index (χ1) is 12.5. The van der Waals surface area contributed by atoms with Gasteiger partial charge in [0.1, 0.15) is 31.3 Å². The van der Waals surface area contributed by atoms with E-state index in [0.717, 1.165) is 49.0 Å². The first-order valence-corrected chi connectivity index (χ1v) is 9.87. The van der Waals surface area contributed by atoms with Gasteiger partial charge >= 0.3 is 0 Å². The Balaban J connectivity index is 1.75. The minimum atomic E-state index is -4.30. The number of halogens is 2. The van der Waals surface area contributed by atoms with Gasteiger partial charge in [-0.25, -0.2) is 21.9 Å². The van der Waals surface area contributed by atoms with Crippen molar-refractivity contribution in [1.29, 1.82) is 0 Å². The van der Waals surface area contributed by atoms with Crippen molar-refractivity contribution >= 4 is 10.0 Å². The molecular weight excluding hydrogens is 362 g/mol. The van der Waals surface area contributed by atoms with Crippen LogP contribution in [0.3, 0.4) is 0 Å². The molecule has 5 nitrogen and oxygen atoms in total. The minimum absolute atomic E-state index is 0.0317. The maximum Gasteiger partial charge on any atom is 0.246 e. The van der Waals surface area contributed by atoms with Crippen LogP contribution in [0, 0.1) is 11.6 Å². The second-order valence-electron chi connectivity index (χ2n) is 6.18. The summed E-state index contributed by atoms with van der Waals surface area (Å²) in [5, 5.41) is 0. The fraction of sp³-hybridized carbons (Fsp3) is 0.333. The number of sulfonamides is 1. The molecule has 26 heavy (non-hydrogen) atoms. The van der Waals surface area contributed by atoms with Gasteiger partial charge in [-0.2, -0.15) is 0 Å². The van der Waals surface area contributed by atoms with Crippen LogP contribution in [0.4, 0.5) is 8.78 Å². The third-order valence-corrected chi connectivity index (χ3v) is 5.85. The number of hydrogen-bond acceptors (Lipinski definition) is 3. The topological polar surface area (TPSA) is 59.8 Å². The zero-order valence-electron chi connectivity index (χ0n) is 14.2. The van der Waals surface area contributed by atoms with Gasteiger partial charge in [0.2, 0.25) is 10.0 Å². The van der Waals surface area contributed by atoms with Gasteiger partial charge in [0.05, 0.1) is 13.2 Å². The van der Waals surface area contributed by atoms with Crippen molar-refractivity contribution in [2.24, 2.45) is 0 Å². The standard InChI is InChI=1S/C18H20F2N2O3S/c19-16-6-3-7-17(20)18(16)26(23,24)21-12-14-4-1-2-5-15(14)13-22-8-10-25-11-9-22/h1-7,21H,8-13H2/p+1. The van der Waals surface area contributed by atoms with Crippen molar-refractivity contribution < 1.29 is 26.8 Å². The Morgan fingerprint density at radius 1 is 0.962 bits per heavy atom. The first kappa shape index (κ1) is 18.9. The maximum atomic E-state index is 13.8. The third-order valence-electron chi connectivity index (χ3n) is 4.40. The van der Waals surface area contributed by atoms with E-state index < -0.39 is 26.6 Å². The number of quaternary nitrogens is 1. The van der Waals surface area contributed by atoms with E-state index in [1.54, 1.807) is 0 Å². The summed E-state index contributed by atoms with van der Waals surface area (Å²) in [6.07, 6.45) is 0. The fourth-order valence-electron chi connectivity index (χ4n) is 2.99. The van der Waals surface area contributed by atoms with E-state index in [0.29, 0.717) is 13.2 Å². The highest BCUT2D eigenvalue weighted by molar-refractivity contribution is 7.89. The number of morpholine rings is 1. The third kappa shape index (κ3) is 4.45. The number of nitrogens with one attached hydrogen (secondary N) is 2. The average Bonchev–Trinajstić information content (AvgIpc) is 2.61. The lowest BCUT2D eigenvalue weighted by Gasteiger charge is -2.24. The second kappa shape index (κ2) is 8.22. The molecule has 0 spiro atoms. The smallest absolute Gasteiger partial charge is 0.246 e. The summed E-state index contributed by atoms with van der Waals surface area (Å²) in [5.41, 5.74) is 1.79. The van der Waals surface area contributed by atoms with Crippen LogP contribution in [0.15, 0.2) is 47.4 Å². The van der Waals surface area contributed by atoms with Gasteiger partial charge in [-0.3, -0.25) is 0 Å². The van der Waals surface area contributed by atoms with E-state index in [-0.39, 0.29) is 6.54 Å². The molecule has 1 saturated heterocycles. The molecule has 0 radical (unpaired) electrons. The lowest BCUT2D eigenvalue weighted by atomic mass is 10.1. The molecule has 3 rings (SSSR count). The molecule has 0 aromatic heterocycles. The van der Waals surface area contributed by atoms with Crippen molar-refractivity contribution in [3.05, 3.63) is 65.2 Å². The monoisotopic (exact) mass is 383 g/mol. The predicted molar refractivity (Wildman–Crippen MR) is 92.0 cm³/mol. The second-order valence-corrected chi connectivity index (χ2v) is 7.89. The van der Waals surface area contributed by atoms with E-state index in [1.165, 1.54) is 4.90 Å². The summed E-state index contributed by atoms with van der Waals surface area (Å²) in [5.74, 6) is -2.22. The van der Waals surface area contributed by atoms with Gasteiger partial charge in [-0.15, -0.1) is 0 Å². The Kier molecular flexibility index (Phi) is 5.98. The highest BCUT2D eigenvalue weighted by Gasteiger charge is 2.24. The lowest BCUT2D eigenvalue weighted by molar-refractivity contribution is -0.921. The molecule has 1 heterocycles. The quantitative estimate of drug-likeness (QED) is 0.778. The molecule has 0 amide bonds. The molecule has 2 aromatic rings. The zero-order valence-corrected chi connectivity index (χ0v) is 15.0. The largest absolute Gasteiger partial charge is 0.370 e. The zero-order chi connectivity index (χ0) is 18.6. The molecule has 1 aliphatic heterocycles. The van der Waals surface area contributed by atoms with Gasteiger partial charge in [-0.05, 0) is 17.7 Å². The molecule has 1 aliphatic rings. The Bertz CT molecular complexity index is 848. The summed E-state index contributed by atoms with van der Waals surface area (Å²) in [4.78, 5) is 0.406. The normalized spacial score (nSPS) is 15.9. The molecule has 2 aromatic carbocycles. The van der Waals surface area contributed by atoms with E-state index >= 15 is 0 Å². The summed E-state index contributed by atoms with van der Waals surface area (Å²) in [6, 6.07) is 10.4. The van der Waals surface area contributed by atoms with Crippen LogP contribution in [0.25, 0.3) is 0 Å². The van der Waals surface area contributed by atoms with Gasteiger partial charge in [-0.1, -0.05) is 30.3 Å². The Hall–Kier alpha value is -1.87. The molecule has 2 N–H and O–H groups in total. The number of benzene rings is 2. The van der Waals surface area contributed by atoms with Crippen LogP contribution in [-0.2, 0) is 27.8 Å². The number of ether oxygens (including phenoxy) is 1. The van der Waals surface area contributed by atoms with E-state index in [2.05, 4.69) is 4.72 Å². The van der Waals surface area contributed by atoms with Crippen LogP contribution in [-0.4, -0.2) is 34.7 Å². The van der Waals surface area contributed by atoms with Crippen LogP contribution in [0.2, 0.25) is 0 Å². The van der Waals surface area contributed by atoms with Crippen molar-refractivity contribution in [2.45, 2.75) is 18.0 Å². The first-order valence-electron chi connectivity index (χ1n) is 8.39. The minimum Gasteiger partial charge on any atom is -0.370 e. The lowest BCUT2D eigenvalue weighted by Crippen LogP contribution is -3.12. The van der Waals surface area contributed by atoms with E-state index in [9.17, 15) is 17.2 Å². The van der Waals surface area contributed by atoms with Gasteiger partial charge in [0.25, 0.3) is 0 Å². The fourth-order valence-corrected chi connectivity index (χ4v) is 4.13. The number of hydrogen-bond donors (Lipinski definition) is 2. The molecule has 0 aliphatic carbocycles. The summed E-state index contributed by atoms with van der Waals surface area (Å²) in [6.45, 7) is 3.90. The van der Waals surface area contributed by atoms with Crippen molar-refractivity contribution in [3.8, 4) is 0 Å². The summed E-state index contributed by atoms with van der Waals surface area (Å²) < 4.78 is 59.9. The Labute approximate surface area is 151 Å². The van der Waals surface area contributed by atoms with Crippen LogP contribution in [0.5, 0.6) is 0 Å². The van der Waals surface area contributed by atoms with E-state index in [1.807, 2.05) is 24.3 Å². The Morgan fingerprint density at radius 2 is 1.58 bits per heavy atom. The summed E-state index contributed by atoms with van der Waals surface area (Å²) in [7, 11) is -4.30. The van der Waals surface area contributed by atoms with Crippen LogP contribution < -0.4 is 9.62 Å². The SMILES string of the molecule is O=S(=O)(NCc1ccccc1C[NH+]1CCOCC1)c1c(F)cccc1F. The van der Waals surface area contributed by atoms with Gasteiger partial charge in [0, 0.05) is 12.1 Å². The highest BCUT2D eigenvalue weighted by atomic mass is 32.2. The van der Waals surface area contributed by atoms with Crippen LogP contribution in [0.1, 0.15) is 11.1 Å². The van der Waals surface area contributed by atoms with E-state index in [4.69, 9.17) is 4.74 Å². The molecule has 8 heteroatoms. The molecule has 140 valence electrons. The van der Waals surface area contributed by atoms with Crippen LogP contribution >= 0.6 is 0 Å². The van der Waals surface area contributed by atoms with Gasteiger partial charge < -0.3 is 9.64 Å². The molecule has 0 unspecified atom stereocenters. The van der Waals surface area contributed by atoms with Gasteiger partial charge in [0.15, 0.2) is 4.90 Å². The maximum absolute atomic E-state index is 13.8. The highest BCUT2D eigenvalue weighted by Crippen LogP contribution is 2.18. The summed E-state index contributed by atoms with van der Waals surface area (Å²) >= 11 is 0. The Morgan fingerprint density at radius 3 is 2.23 bits per heavy atom. The van der Waals surface area contributed by atoms with Crippen molar-refractivity contribution in [3.63, 3.8) is 0 Å².